The lowest BCUT2D eigenvalue weighted by atomic mass is 9.73. The van der Waals surface area contributed by atoms with Gasteiger partial charge in [-0.1, -0.05) is 37.3 Å². The van der Waals surface area contributed by atoms with Gasteiger partial charge in [0.25, 0.3) is 0 Å². The van der Waals surface area contributed by atoms with E-state index in [0.717, 1.165) is 60.9 Å². The molecule has 4 rings (SSSR count). The molecule has 29 heavy (non-hydrogen) atoms. The lowest BCUT2D eigenvalue weighted by molar-refractivity contribution is 0.209. The summed E-state index contributed by atoms with van der Waals surface area (Å²) in [5.41, 5.74) is 6.52. The molecule has 3 N–H and O–H groups in total. The van der Waals surface area contributed by atoms with Crippen molar-refractivity contribution in [1.29, 1.82) is 0 Å². The fourth-order valence-corrected chi connectivity index (χ4v) is 5.09. The van der Waals surface area contributed by atoms with Crippen molar-refractivity contribution in [3.63, 3.8) is 0 Å². The third kappa shape index (κ3) is 3.93. The van der Waals surface area contributed by atoms with Gasteiger partial charge in [-0.15, -0.1) is 0 Å². The Labute approximate surface area is 174 Å². The number of fused-ring (bicyclic) bond motifs is 2. The molecule has 0 fully saturated rings. The topological polar surface area (TPSA) is 52.5 Å². The summed E-state index contributed by atoms with van der Waals surface area (Å²) in [6, 6.07) is 14.6. The molecule has 2 unspecified atom stereocenters. The van der Waals surface area contributed by atoms with E-state index < -0.39 is 6.10 Å². The van der Waals surface area contributed by atoms with E-state index in [4.69, 9.17) is 0 Å². The summed E-state index contributed by atoms with van der Waals surface area (Å²) in [7, 11) is 0. The van der Waals surface area contributed by atoms with Gasteiger partial charge in [0.15, 0.2) is 0 Å². The Hall–Kier alpha value is -2.26. The number of benzene rings is 2. The van der Waals surface area contributed by atoms with Crippen LogP contribution in [0.3, 0.4) is 0 Å². The number of aliphatic hydroxyl groups excluding tert-OH is 1. The Morgan fingerprint density at radius 2 is 1.93 bits per heavy atom. The molecule has 0 radical (unpaired) electrons. The van der Waals surface area contributed by atoms with Crippen LogP contribution in [0.15, 0.2) is 48.0 Å². The second kappa shape index (κ2) is 7.87. The third-order valence-electron chi connectivity index (χ3n) is 6.70. The van der Waals surface area contributed by atoms with Crippen LogP contribution >= 0.6 is 0 Å². The van der Waals surface area contributed by atoms with Gasteiger partial charge < -0.3 is 15.5 Å². The van der Waals surface area contributed by atoms with E-state index in [1.807, 2.05) is 6.07 Å². The lowest BCUT2D eigenvalue weighted by Crippen LogP contribution is -2.40. The van der Waals surface area contributed by atoms with E-state index in [0.29, 0.717) is 5.75 Å². The summed E-state index contributed by atoms with van der Waals surface area (Å²) in [4.78, 5) is 0. The van der Waals surface area contributed by atoms with E-state index >= 15 is 0 Å². The molecule has 1 heterocycles. The smallest absolute Gasteiger partial charge is 0.119 e. The van der Waals surface area contributed by atoms with Crippen LogP contribution in [0.5, 0.6) is 5.75 Å². The highest BCUT2D eigenvalue weighted by Crippen LogP contribution is 2.48. The molecule has 1 aliphatic carbocycles. The normalized spacial score (nSPS) is 21.2. The van der Waals surface area contributed by atoms with Crippen LogP contribution in [0.2, 0.25) is 0 Å². The lowest BCUT2D eigenvalue weighted by Gasteiger charge is -2.42. The Morgan fingerprint density at radius 1 is 1.17 bits per heavy atom. The Kier molecular flexibility index (Phi) is 5.44. The maximum absolute atomic E-state index is 10.8. The number of hydrogen-bond acceptors (Lipinski definition) is 3. The average Bonchev–Trinajstić information content (AvgIpc) is 2.69. The van der Waals surface area contributed by atoms with Crippen LogP contribution in [-0.4, -0.2) is 21.9 Å². The Bertz CT molecular complexity index is 914. The first-order valence-electron chi connectivity index (χ1n) is 11.0. The van der Waals surface area contributed by atoms with Crippen LogP contribution in [0.25, 0.3) is 5.57 Å². The Morgan fingerprint density at radius 3 is 2.69 bits per heavy atom. The molecule has 0 saturated carbocycles. The molecule has 0 saturated heterocycles. The molecule has 154 valence electrons. The van der Waals surface area contributed by atoms with Gasteiger partial charge >= 0.3 is 0 Å². The number of phenols is 1. The number of rotatable bonds is 5. The monoisotopic (exact) mass is 391 g/mol. The molecule has 2 aromatic carbocycles. The van der Waals surface area contributed by atoms with Crippen LogP contribution < -0.4 is 5.32 Å². The van der Waals surface area contributed by atoms with Crippen LogP contribution in [0.1, 0.15) is 75.5 Å². The minimum Gasteiger partial charge on any atom is -0.508 e. The molecule has 3 nitrogen and oxygen atoms in total. The van der Waals surface area contributed by atoms with Crippen LogP contribution in [-0.2, 0) is 6.42 Å². The van der Waals surface area contributed by atoms with Gasteiger partial charge in [0.1, 0.15) is 5.75 Å². The molecule has 2 atom stereocenters. The first-order valence-corrected chi connectivity index (χ1v) is 11.0. The minimum atomic E-state index is -0.438. The fraction of sp³-hybridized carbons (Fsp3) is 0.462. The molecule has 0 aromatic heterocycles. The van der Waals surface area contributed by atoms with E-state index in [1.54, 1.807) is 0 Å². The molecule has 2 aliphatic rings. The molecule has 0 spiro atoms. The fourth-order valence-electron chi connectivity index (χ4n) is 5.09. The Balaban J connectivity index is 1.57. The van der Waals surface area contributed by atoms with Crippen molar-refractivity contribution in [3.05, 3.63) is 64.7 Å². The van der Waals surface area contributed by atoms with Crippen LogP contribution in [0.4, 0.5) is 5.69 Å². The number of aliphatic hydroxyl groups is 1. The molecule has 2 aromatic rings. The number of anilines is 1. The standard InChI is InChI=1S/C26H33NO2/c1-17(9-7-12-18-10-5-4-6-11-18)19-15-22-20(16-24(19)29)25-21(26(2,3)27-22)13-8-14-23(25)28/h4-6,10-11,15-17,23,27-29H,7-9,12-14H2,1-3H3. The van der Waals surface area contributed by atoms with Gasteiger partial charge in [-0.25, -0.2) is 0 Å². The second-order valence-electron chi connectivity index (χ2n) is 9.29. The van der Waals surface area contributed by atoms with Crippen molar-refractivity contribution >= 4 is 11.3 Å². The van der Waals surface area contributed by atoms with Crippen molar-refractivity contribution in [2.75, 3.05) is 5.32 Å². The van der Waals surface area contributed by atoms with Gasteiger partial charge in [0.2, 0.25) is 0 Å². The molecule has 0 amide bonds. The first-order chi connectivity index (χ1) is 13.9. The quantitative estimate of drug-likeness (QED) is 0.546. The summed E-state index contributed by atoms with van der Waals surface area (Å²) in [5, 5.41) is 25.2. The third-order valence-corrected chi connectivity index (χ3v) is 6.70. The van der Waals surface area contributed by atoms with Crippen molar-refractivity contribution in [3.8, 4) is 5.75 Å². The largest absolute Gasteiger partial charge is 0.508 e. The molecule has 0 bridgehead atoms. The predicted octanol–water partition coefficient (Wildman–Crippen LogP) is 6.02. The van der Waals surface area contributed by atoms with E-state index in [1.165, 1.54) is 11.1 Å². The zero-order chi connectivity index (χ0) is 20.6. The average molecular weight is 392 g/mol. The highest BCUT2D eigenvalue weighted by molar-refractivity contribution is 5.87. The highest BCUT2D eigenvalue weighted by atomic mass is 16.3. The second-order valence-corrected chi connectivity index (χ2v) is 9.29. The maximum Gasteiger partial charge on any atom is 0.119 e. The number of hydrogen-bond donors (Lipinski definition) is 3. The number of nitrogens with one attached hydrogen (secondary N) is 1. The van der Waals surface area contributed by atoms with Gasteiger partial charge in [0, 0.05) is 11.3 Å². The summed E-state index contributed by atoms with van der Waals surface area (Å²) in [6.07, 6.45) is 5.56. The summed E-state index contributed by atoms with van der Waals surface area (Å²) < 4.78 is 0. The first kappa shape index (κ1) is 20.0. The number of aryl methyl sites for hydroxylation is 1. The summed E-state index contributed by atoms with van der Waals surface area (Å²) in [5.74, 6) is 0.627. The van der Waals surface area contributed by atoms with Crippen molar-refractivity contribution in [1.82, 2.24) is 0 Å². The highest BCUT2D eigenvalue weighted by Gasteiger charge is 2.37. The van der Waals surface area contributed by atoms with E-state index in [-0.39, 0.29) is 11.5 Å². The van der Waals surface area contributed by atoms with Gasteiger partial charge in [-0.05, 0) is 92.7 Å². The summed E-state index contributed by atoms with van der Waals surface area (Å²) in [6.45, 7) is 6.58. The van der Waals surface area contributed by atoms with E-state index in [2.05, 4.69) is 62.5 Å². The van der Waals surface area contributed by atoms with Crippen molar-refractivity contribution in [2.24, 2.45) is 0 Å². The van der Waals surface area contributed by atoms with Gasteiger partial charge in [0.05, 0.1) is 11.6 Å². The zero-order valence-corrected chi connectivity index (χ0v) is 17.8. The van der Waals surface area contributed by atoms with Crippen LogP contribution in [0, 0.1) is 0 Å². The molecular weight excluding hydrogens is 358 g/mol. The maximum atomic E-state index is 10.8. The molecular formula is C26H33NO2. The number of aromatic hydroxyl groups is 1. The van der Waals surface area contributed by atoms with Gasteiger partial charge in [-0.3, -0.25) is 0 Å². The molecule has 1 aliphatic heterocycles. The van der Waals surface area contributed by atoms with Gasteiger partial charge in [-0.2, -0.15) is 0 Å². The SMILES string of the molecule is CC(CCCc1ccccc1)c1cc2c(cc1O)C1=C(CCCC1O)C(C)(C)N2. The predicted molar refractivity (Wildman–Crippen MR) is 120 cm³/mol. The number of phenolic OH excluding ortho intramolecular Hbond substituents is 1. The van der Waals surface area contributed by atoms with E-state index in [9.17, 15) is 10.2 Å². The van der Waals surface area contributed by atoms with Crippen molar-refractivity contribution < 1.29 is 10.2 Å². The minimum absolute atomic E-state index is 0.172. The molecule has 3 heteroatoms. The zero-order valence-electron chi connectivity index (χ0n) is 17.8. The summed E-state index contributed by atoms with van der Waals surface area (Å²) >= 11 is 0. The van der Waals surface area contributed by atoms with Crippen molar-refractivity contribution in [2.45, 2.75) is 76.9 Å².